The molecule has 2 rings (SSSR count). The third kappa shape index (κ3) is 1.86. The molecule has 0 spiro atoms. The molecule has 4 nitrogen and oxygen atoms in total. The Morgan fingerprint density at radius 1 is 1.23 bits per heavy atom. The second kappa shape index (κ2) is 3.57. The first kappa shape index (κ1) is 8.25. The Kier molecular flexibility index (Phi) is 2.27. The Hall–Kier alpha value is -1.36. The van der Waals surface area contributed by atoms with Crippen molar-refractivity contribution < 1.29 is 0 Å². The van der Waals surface area contributed by atoms with E-state index in [1.807, 2.05) is 30.3 Å². The summed E-state index contributed by atoms with van der Waals surface area (Å²) in [6.07, 6.45) is 0. The molecule has 5 heteroatoms. The van der Waals surface area contributed by atoms with Gasteiger partial charge in [0, 0.05) is 4.90 Å². The topological polar surface area (TPSA) is 43.6 Å². The summed E-state index contributed by atoms with van der Waals surface area (Å²) in [4.78, 5) is 1.10. The monoisotopic (exact) mass is 191 g/mol. The van der Waals surface area contributed by atoms with Crippen molar-refractivity contribution in [3.8, 4) is 0 Å². The Labute approximate surface area is 80.0 Å². The van der Waals surface area contributed by atoms with Crippen molar-refractivity contribution in [2.75, 3.05) is 0 Å². The Balaban J connectivity index is 2.20. The number of aromatic nitrogens is 4. The van der Waals surface area contributed by atoms with Crippen molar-refractivity contribution in [3.05, 3.63) is 37.4 Å². The summed E-state index contributed by atoms with van der Waals surface area (Å²) in [5.74, 6) is 0. The number of hydrogen-bond acceptors (Lipinski definition) is 4. The van der Waals surface area contributed by atoms with Gasteiger partial charge >= 0.3 is 0 Å². The van der Waals surface area contributed by atoms with Gasteiger partial charge in [0.05, 0.1) is 7.05 Å². The molecule has 0 unspecified atom stereocenters. The molecule has 0 saturated carbocycles. The average molecular weight is 191 g/mol. The molecule has 13 heavy (non-hydrogen) atoms. The van der Waals surface area contributed by atoms with Crippen LogP contribution in [-0.4, -0.2) is 20.2 Å². The van der Waals surface area contributed by atoms with E-state index in [0.717, 1.165) is 4.90 Å². The fourth-order valence-electron chi connectivity index (χ4n) is 0.863. The van der Waals surface area contributed by atoms with Crippen molar-refractivity contribution in [1.29, 1.82) is 0 Å². The molecule has 0 saturated heterocycles. The molecule has 1 heterocycles. The van der Waals surface area contributed by atoms with Crippen molar-refractivity contribution in [2.45, 2.75) is 10.1 Å². The molecule has 1 radical (unpaired) electrons. The van der Waals surface area contributed by atoms with Crippen LogP contribution in [0.2, 0.25) is 0 Å². The molecule has 2 aromatic rings. The summed E-state index contributed by atoms with van der Waals surface area (Å²) in [7, 11) is 3.64. The van der Waals surface area contributed by atoms with Gasteiger partial charge in [-0.25, -0.2) is 4.68 Å². The first-order chi connectivity index (χ1) is 6.36. The second-order valence-electron chi connectivity index (χ2n) is 2.38. The van der Waals surface area contributed by atoms with E-state index in [0.29, 0.717) is 5.16 Å². The van der Waals surface area contributed by atoms with Gasteiger partial charge in [0.15, 0.2) is 0 Å². The quantitative estimate of drug-likeness (QED) is 0.721. The molecule has 1 aromatic heterocycles. The summed E-state index contributed by atoms with van der Waals surface area (Å²) in [5.41, 5.74) is 0. The molecular formula is C8H7N4S. The van der Waals surface area contributed by atoms with Crippen LogP contribution in [0, 0.1) is 7.05 Å². The fourth-order valence-corrected chi connectivity index (χ4v) is 1.59. The highest BCUT2D eigenvalue weighted by Gasteiger charge is 2.03. The van der Waals surface area contributed by atoms with Crippen molar-refractivity contribution in [1.82, 2.24) is 20.2 Å². The number of nitrogens with zero attached hydrogens (tertiary/aromatic N) is 4. The molecule has 0 amide bonds. The molecule has 1 aromatic carbocycles. The predicted molar refractivity (Wildman–Crippen MR) is 49.1 cm³/mol. The van der Waals surface area contributed by atoms with Crippen LogP contribution in [0.4, 0.5) is 0 Å². The summed E-state index contributed by atoms with van der Waals surface area (Å²) >= 11 is 1.49. The maximum Gasteiger partial charge on any atom is 0.214 e. The average Bonchev–Trinajstić information content (AvgIpc) is 2.54. The van der Waals surface area contributed by atoms with E-state index in [1.165, 1.54) is 16.4 Å². The van der Waals surface area contributed by atoms with Crippen LogP contribution < -0.4 is 0 Å². The van der Waals surface area contributed by atoms with E-state index in [-0.39, 0.29) is 0 Å². The molecule has 0 bridgehead atoms. The van der Waals surface area contributed by atoms with E-state index >= 15 is 0 Å². The van der Waals surface area contributed by atoms with Gasteiger partial charge in [-0.2, -0.15) is 0 Å². The summed E-state index contributed by atoms with van der Waals surface area (Å²) in [5, 5.41) is 11.6. The van der Waals surface area contributed by atoms with Gasteiger partial charge in [-0.15, -0.1) is 5.10 Å². The third-order valence-electron chi connectivity index (χ3n) is 1.45. The van der Waals surface area contributed by atoms with E-state index in [9.17, 15) is 0 Å². The van der Waals surface area contributed by atoms with E-state index in [4.69, 9.17) is 0 Å². The molecule has 0 N–H and O–H groups in total. The van der Waals surface area contributed by atoms with Crippen LogP contribution in [0.5, 0.6) is 0 Å². The lowest BCUT2D eigenvalue weighted by Gasteiger charge is -1.96. The highest BCUT2D eigenvalue weighted by atomic mass is 32.2. The van der Waals surface area contributed by atoms with Crippen LogP contribution in [0.1, 0.15) is 0 Å². The predicted octanol–water partition coefficient (Wildman–Crippen LogP) is 1.46. The minimum absolute atomic E-state index is 0.686. The Bertz CT molecular complexity index is 384. The first-order valence-electron chi connectivity index (χ1n) is 3.68. The molecule has 0 atom stereocenters. The lowest BCUT2D eigenvalue weighted by molar-refractivity contribution is 0.751. The molecule has 0 fully saturated rings. The van der Waals surface area contributed by atoms with Gasteiger partial charge in [0.25, 0.3) is 0 Å². The summed E-state index contributed by atoms with van der Waals surface area (Å²) in [6.45, 7) is 0. The lowest BCUT2D eigenvalue weighted by Crippen LogP contribution is -1.89. The highest BCUT2D eigenvalue weighted by Crippen LogP contribution is 2.23. The van der Waals surface area contributed by atoms with E-state index < -0.39 is 0 Å². The Morgan fingerprint density at radius 3 is 2.62 bits per heavy atom. The first-order valence-corrected chi connectivity index (χ1v) is 4.50. The standard InChI is InChI=1S/C8H7N4S/c1-12-8(9-10-11-12)13-7-5-3-2-4-6-7/h2-6H,1H2. The number of tetrazole rings is 1. The van der Waals surface area contributed by atoms with Crippen molar-refractivity contribution in [2.24, 2.45) is 0 Å². The minimum atomic E-state index is 0.686. The van der Waals surface area contributed by atoms with E-state index in [1.54, 1.807) is 0 Å². The van der Waals surface area contributed by atoms with Crippen LogP contribution in [0.3, 0.4) is 0 Å². The zero-order chi connectivity index (χ0) is 9.10. The Morgan fingerprint density at radius 2 is 2.00 bits per heavy atom. The second-order valence-corrected chi connectivity index (χ2v) is 3.42. The van der Waals surface area contributed by atoms with Crippen LogP contribution >= 0.6 is 11.8 Å². The van der Waals surface area contributed by atoms with Gasteiger partial charge in [0.2, 0.25) is 5.16 Å². The van der Waals surface area contributed by atoms with Gasteiger partial charge in [0.1, 0.15) is 0 Å². The molecule has 65 valence electrons. The zero-order valence-electron chi connectivity index (χ0n) is 6.79. The van der Waals surface area contributed by atoms with E-state index in [2.05, 4.69) is 22.6 Å². The maximum atomic E-state index is 3.81. The zero-order valence-corrected chi connectivity index (χ0v) is 7.61. The van der Waals surface area contributed by atoms with Gasteiger partial charge in [-0.1, -0.05) is 18.2 Å². The third-order valence-corrected chi connectivity index (χ3v) is 2.43. The molecule has 0 aliphatic carbocycles. The van der Waals surface area contributed by atoms with Gasteiger partial charge < -0.3 is 0 Å². The number of benzene rings is 1. The molecule has 0 aliphatic rings. The van der Waals surface area contributed by atoms with Gasteiger partial charge in [-0.05, 0) is 34.3 Å². The van der Waals surface area contributed by atoms with Crippen LogP contribution in [-0.2, 0) is 0 Å². The van der Waals surface area contributed by atoms with Crippen LogP contribution in [0.15, 0.2) is 40.4 Å². The largest absolute Gasteiger partial charge is 0.218 e. The molecular weight excluding hydrogens is 184 g/mol. The summed E-state index contributed by atoms with van der Waals surface area (Å²) < 4.78 is 1.40. The maximum absolute atomic E-state index is 3.81. The van der Waals surface area contributed by atoms with Crippen LogP contribution in [0.25, 0.3) is 0 Å². The lowest BCUT2D eigenvalue weighted by atomic mass is 10.4. The number of rotatable bonds is 2. The normalized spacial score (nSPS) is 10.2. The number of hydrogen-bond donors (Lipinski definition) is 0. The van der Waals surface area contributed by atoms with Gasteiger partial charge in [-0.3, -0.25) is 0 Å². The van der Waals surface area contributed by atoms with Crippen molar-refractivity contribution in [3.63, 3.8) is 0 Å². The fraction of sp³-hybridized carbons (Fsp3) is 0. The smallest absolute Gasteiger partial charge is 0.214 e. The van der Waals surface area contributed by atoms with Crippen molar-refractivity contribution >= 4 is 11.8 Å². The minimum Gasteiger partial charge on any atom is -0.218 e. The highest BCUT2D eigenvalue weighted by molar-refractivity contribution is 7.99. The summed E-state index contributed by atoms with van der Waals surface area (Å²) in [6, 6.07) is 9.91. The molecule has 0 aliphatic heterocycles. The SMILES string of the molecule is [CH2]n1nnnc1Sc1ccccc1.